The van der Waals surface area contributed by atoms with Gasteiger partial charge in [-0.1, -0.05) is 77.7 Å². The second-order valence-electron chi connectivity index (χ2n) is 8.68. The first-order chi connectivity index (χ1) is 13.3. The summed E-state index contributed by atoms with van der Waals surface area (Å²) in [6, 6.07) is 0. The van der Waals surface area contributed by atoms with E-state index in [0.29, 0.717) is 6.10 Å². The number of hydrogen-bond acceptors (Lipinski definition) is 3. The molecule has 1 aliphatic carbocycles. The quantitative estimate of drug-likeness (QED) is 0.158. The first kappa shape index (κ1) is 22.7. The number of epoxide rings is 1. The average Bonchev–Trinajstić information content (AvgIpc) is 3.53. The summed E-state index contributed by atoms with van der Waals surface area (Å²) in [6.45, 7) is 8.45. The van der Waals surface area contributed by atoms with Gasteiger partial charge in [0.25, 0.3) is 0 Å². The molecule has 0 amide bonds. The lowest BCUT2D eigenvalue weighted by Gasteiger charge is -2.43. The molecular weight excluding hydrogens is 336 g/mol. The lowest BCUT2D eigenvalue weighted by molar-refractivity contribution is -0.113. The molecule has 0 aromatic carbocycles. The van der Waals surface area contributed by atoms with E-state index in [4.69, 9.17) is 14.2 Å². The molecule has 27 heavy (non-hydrogen) atoms. The maximum atomic E-state index is 6.72. The molecule has 158 valence electrons. The first-order valence-corrected chi connectivity index (χ1v) is 11.8. The minimum Gasteiger partial charge on any atom is -0.502 e. The lowest BCUT2D eigenvalue weighted by Crippen LogP contribution is -2.43. The van der Waals surface area contributed by atoms with Crippen molar-refractivity contribution in [3.05, 3.63) is 12.8 Å². The van der Waals surface area contributed by atoms with Gasteiger partial charge in [-0.2, -0.15) is 0 Å². The number of unbranched alkanes of at least 4 members (excludes halogenated alkanes) is 6. The molecule has 0 N–H and O–H groups in total. The molecule has 1 saturated carbocycles. The Balaban J connectivity index is 1.77. The van der Waals surface area contributed by atoms with E-state index in [9.17, 15) is 0 Å². The summed E-state index contributed by atoms with van der Waals surface area (Å²) in [5, 5.41) is 0. The summed E-state index contributed by atoms with van der Waals surface area (Å²) >= 11 is 0. The zero-order valence-corrected chi connectivity index (χ0v) is 17.9. The van der Waals surface area contributed by atoms with Crippen LogP contribution in [-0.2, 0) is 14.2 Å². The van der Waals surface area contributed by atoms with Crippen molar-refractivity contribution in [3.63, 3.8) is 0 Å². The predicted octanol–water partition coefficient (Wildman–Crippen LogP) is 6.80. The van der Waals surface area contributed by atoms with Crippen LogP contribution in [0.15, 0.2) is 12.8 Å². The lowest BCUT2D eigenvalue weighted by atomic mass is 9.72. The highest BCUT2D eigenvalue weighted by molar-refractivity contribution is 4.91. The van der Waals surface area contributed by atoms with Crippen molar-refractivity contribution in [1.29, 1.82) is 0 Å². The Hall–Kier alpha value is -0.540. The summed E-state index contributed by atoms with van der Waals surface area (Å²) in [5.74, 6) is 0.771. The standard InChI is InChI=1S/C24H44O3/c1-3-5-17-24(27-21-23-20-26-23,22-15-11-10-12-16-22)18-13-8-6-7-9-14-19-25-4-2/h4,22-23H,2-3,5-21H2,1H3. The van der Waals surface area contributed by atoms with Gasteiger partial charge in [-0.25, -0.2) is 0 Å². The Morgan fingerprint density at radius 3 is 2.30 bits per heavy atom. The number of ether oxygens (including phenoxy) is 3. The van der Waals surface area contributed by atoms with Crippen molar-refractivity contribution in [2.45, 2.75) is 115 Å². The predicted molar refractivity (Wildman–Crippen MR) is 113 cm³/mol. The highest BCUT2D eigenvalue weighted by Gasteiger charge is 2.40. The molecule has 0 bridgehead atoms. The summed E-state index contributed by atoms with van der Waals surface area (Å²) in [7, 11) is 0. The SMILES string of the molecule is C=COCCCCCCCCC(CCCC)(OCC1CO1)C1CCCCC1. The van der Waals surface area contributed by atoms with Gasteiger partial charge in [0.05, 0.1) is 31.7 Å². The van der Waals surface area contributed by atoms with Gasteiger partial charge >= 0.3 is 0 Å². The second kappa shape index (κ2) is 13.6. The largest absolute Gasteiger partial charge is 0.502 e. The Labute approximate surface area is 168 Å². The molecule has 1 aliphatic heterocycles. The molecule has 2 rings (SSSR count). The van der Waals surface area contributed by atoms with E-state index in [1.54, 1.807) is 6.26 Å². The van der Waals surface area contributed by atoms with Crippen LogP contribution < -0.4 is 0 Å². The van der Waals surface area contributed by atoms with Crippen molar-refractivity contribution in [3.8, 4) is 0 Å². The molecule has 0 radical (unpaired) electrons. The molecule has 2 unspecified atom stereocenters. The summed E-state index contributed by atoms with van der Waals surface area (Å²) in [6.07, 6.45) is 21.7. The Morgan fingerprint density at radius 1 is 0.963 bits per heavy atom. The van der Waals surface area contributed by atoms with Crippen LogP contribution in [-0.4, -0.2) is 31.5 Å². The minimum atomic E-state index is 0.125. The molecule has 0 spiro atoms. The molecule has 2 aliphatic rings. The van der Waals surface area contributed by atoms with Gasteiger partial charge in [0.15, 0.2) is 0 Å². The second-order valence-corrected chi connectivity index (χ2v) is 8.68. The third kappa shape index (κ3) is 9.00. The maximum absolute atomic E-state index is 6.72. The van der Waals surface area contributed by atoms with Crippen molar-refractivity contribution >= 4 is 0 Å². The molecular formula is C24H44O3. The Kier molecular flexibility index (Phi) is 11.5. The van der Waals surface area contributed by atoms with Gasteiger partial charge < -0.3 is 14.2 Å². The zero-order valence-electron chi connectivity index (χ0n) is 17.9. The molecule has 3 nitrogen and oxygen atoms in total. The normalized spacial score (nSPS) is 22.3. The van der Waals surface area contributed by atoms with E-state index in [-0.39, 0.29) is 5.60 Å². The van der Waals surface area contributed by atoms with Crippen LogP contribution in [0.4, 0.5) is 0 Å². The van der Waals surface area contributed by atoms with Crippen LogP contribution in [0.1, 0.15) is 103 Å². The van der Waals surface area contributed by atoms with E-state index >= 15 is 0 Å². The molecule has 3 heteroatoms. The van der Waals surface area contributed by atoms with E-state index in [2.05, 4.69) is 13.5 Å². The fourth-order valence-corrected chi connectivity index (χ4v) is 4.72. The van der Waals surface area contributed by atoms with E-state index < -0.39 is 0 Å². The van der Waals surface area contributed by atoms with E-state index in [1.165, 1.54) is 89.9 Å². The fourth-order valence-electron chi connectivity index (χ4n) is 4.72. The molecule has 2 fully saturated rings. The minimum absolute atomic E-state index is 0.125. The van der Waals surface area contributed by atoms with Crippen LogP contribution in [0.25, 0.3) is 0 Å². The molecule has 1 saturated heterocycles. The Bertz CT molecular complexity index is 374. The van der Waals surface area contributed by atoms with Gasteiger partial charge in [-0.05, 0) is 38.0 Å². The smallest absolute Gasteiger partial charge is 0.104 e. The van der Waals surface area contributed by atoms with Gasteiger partial charge in [0, 0.05) is 0 Å². The molecule has 0 aromatic heterocycles. The van der Waals surface area contributed by atoms with Crippen LogP contribution in [0, 0.1) is 5.92 Å². The molecule has 2 atom stereocenters. The van der Waals surface area contributed by atoms with Gasteiger partial charge in [-0.3, -0.25) is 0 Å². The number of hydrogen-bond donors (Lipinski definition) is 0. The molecule has 0 aromatic rings. The highest BCUT2D eigenvalue weighted by atomic mass is 16.6. The maximum Gasteiger partial charge on any atom is 0.104 e. The van der Waals surface area contributed by atoms with Crippen molar-refractivity contribution in [2.24, 2.45) is 5.92 Å². The summed E-state index contributed by atoms with van der Waals surface area (Å²) in [4.78, 5) is 0. The zero-order chi connectivity index (χ0) is 19.2. The van der Waals surface area contributed by atoms with Crippen molar-refractivity contribution < 1.29 is 14.2 Å². The topological polar surface area (TPSA) is 31.0 Å². The van der Waals surface area contributed by atoms with Crippen LogP contribution >= 0.6 is 0 Å². The summed E-state index contributed by atoms with van der Waals surface area (Å²) in [5.41, 5.74) is 0.125. The summed E-state index contributed by atoms with van der Waals surface area (Å²) < 4.78 is 17.4. The van der Waals surface area contributed by atoms with E-state index in [1.807, 2.05) is 0 Å². The van der Waals surface area contributed by atoms with Gasteiger partial charge in [0.1, 0.15) is 6.10 Å². The van der Waals surface area contributed by atoms with Crippen LogP contribution in [0.3, 0.4) is 0 Å². The first-order valence-electron chi connectivity index (χ1n) is 11.8. The van der Waals surface area contributed by atoms with Gasteiger partial charge in [-0.15, -0.1) is 0 Å². The van der Waals surface area contributed by atoms with Gasteiger partial charge in [0.2, 0.25) is 0 Å². The third-order valence-electron chi connectivity index (χ3n) is 6.49. The fraction of sp³-hybridized carbons (Fsp3) is 0.917. The van der Waals surface area contributed by atoms with Crippen LogP contribution in [0.5, 0.6) is 0 Å². The molecule has 1 heterocycles. The Morgan fingerprint density at radius 2 is 1.63 bits per heavy atom. The third-order valence-corrected chi connectivity index (χ3v) is 6.49. The average molecular weight is 381 g/mol. The number of rotatable bonds is 17. The van der Waals surface area contributed by atoms with Crippen molar-refractivity contribution in [2.75, 3.05) is 19.8 Å². The monoisotopic (exact) mass is 380 g/mol. The van der Waals surface area contributed by atoms with Crippen LogP contribution in [0.2, 0.25) is 0 Å². The highest BCUT2D eigenvalue weighted by Crippen LogP contribution is 2.42. The van der Waals surface area contributed by atoms with E-state index in [0.717, 1.165) is 32.2 Å². The van der Waals surface area contributed by atoms with Crippen molar-refractivity contribution in [1.82, 2.24) is 0 Å².